The zero-order valence-corrected chi connectivity index (χ0v) is 28.8. The maximum absolute atomic E-state index is 16.1. The number of nitrogens with zero attached hydrogens (tertiary/aromatic N) is 3. The van der Waals surface area contributed by atoms with Crippen LogP contribution in [0.2, 0.25) is 0 Å². The van der Waals surface area contributed by atoms with Gasteiger partial charge in [-0.25, -0.2) is 9.18 Å². The number of benzene rings is 3. The van der Waals surface area contributed by atoms with E-state index in [1.807, 2.05) is 36.4 Å². The lowest BCUT2D eigenvalue weighted by atomic mass is 10.0. The molecular formula is C38H40FN5O7. The summed E-state index contributed by atoms with van der Waals surface area (Å²) in [5, 5.41) is 7.80. The lowest BCUT2D eigenvalue weighted by molar-refractivity contribution is 0.0378. The molecule has 2 fully saturated rings. The van der Waals surface area contributed by atoms with Crippen LogP contribution in [0, 0.1) is 5.82 Å². The minimum Gasteiger partial charge on any atom is -0.456 e. The number of ether oxygens (including phenoxy) is 3. The standard InChI is InChI=1S/C38H40FN5O7/c1-38(2,3)51-37(47)41-22-9-12-43(20-22)36(46)26-21-44-28-19-30-24(23-7-4-5-8-29(23)49-30)18-31(28)50-35-32(27(39)17-25(33(35)44)34(26)45)40-10-6-11-42-13-15-48-16-14-42/h4-5,7-8,17-19,21-22,40H,6,9-16,20H2,1-3H3,(H,41,47). The van der Waals surface area contributed by atoms with Crippen LogP contribution in [0.25, 0.3) is 38.5 Å². The first kappa shape index (κ1) is 33.0. The molecule has 1 atom stereocenters. The third-order valence-electron chi connectivity index (χ3n) is 9.61. The van der Waals surface area contributed by atoms with Crippen LogP contribution in [0.3, 0.4) is 0 Å². The van der Waals surface area contributed by atoms with Gasteiger partial charge in [-0.3, -0.25) is 14.5 Å². The summed E-state index contributed by atoms with van der Waals surface area (Å²) in [5.74, 6) is -0.563. The van der Waals surface area contributed by atoms with Crippen LogP contribution < -0.4 is 20.8 Å². The van der Waals surface area contributed by atoms with E-state index in [9.17, 15) is 14.4 Å². The second-order valence-corrected chi connectivity index (χ2v) is 14.3. The Morgan fingerprint density at radius 1 is 1.02 bits per heavy atom. The predicted molar refractivity (Wildman–Crippen MR) is 191 cm³/mol. The Labute approximate surface area is 293 Å². The van der Waals surface area contributed by atoms with Crippen LogP contribution in [0.15, 0.2) is 57.9 Å². The van der Waals surface area contributed by atoms with Gasteiger partial charge in [0.15, 0.2) is 17.3 Å². The van der Waals surface area contributed by atoms with Gasteiger partial charge in [-0.05, 0) is 58.4 Å². The number of hydrogen-bond donors (Lipinski definition) is 2. The molecule has 0 radical (unpaired) electrons. The number of furan rings is 1. The summed E-state index contributed by atoms with van der Waals surface area (Å²) in [4.78, 5) is 44.4. The number of morpholine rings is 1. The topological polar surface area (TPSA) is 128 Å². The Balaban J connectivity index is 1.17. The number of alkyl carbamates (subject to hydrolysis) is 1. The van der Waals surface area contributed by atoms with Crippen molar-refractivity contribution in [3.05, 3.63) is 70.3 Å². The van der Waals surface area contributed by atoms with E-state index >= 15 is 4.39 Å². The molecule has 266 valence electrons. The van der Waals surface area contributed by atoms with E-state index in [2.05, 4.69) is 15.5 Å². The van der Waals surface area contributed by atoms with Gasteiger partial charge in [0, 0.05) is 55.8 Å². The number of carbonyl (C=O) groups is 2. The molecule has 12 nitrogen and oxygen atoms in total. The number of para-hydroxylation sites is 1. The Hall–Kier alpha value is -5.14. The Morgan fingerprint density at radius 2 is 1.82 bits per heavy atom. The third-order valence-corrected chi connectivity index (χ3v) is 9.61. The van der Waals surface area contributed by atoms with Gasteiger partial charge in [0.2, 0.25) is 5.43 Å². The highest BCUT2D eigenvalue weighted by Crippen LogP contribution is 2.47. The number of carbonyl (C=O) groups excluding carboxylic acids is 2. The average Bonchev–Trinajstić information content (AvgIpc) is 3.71. The number of hydrogen-bond acceptors (Lipinski definition) is 9. The maximum atomic E-state index is 16.1. The third kappa shape index (κ3) is 6.25. The number of anilines is 1. The van der Waals surface area contributed by atoms with E-state index in [4.69, 9.17) is 18.6 Å². The molecule has 8 rings (SSSR count). The van der Waals surface area contributed by atoms with Crippen molar-refractivity contribution in [2.75, 3.05) is 57.8 Å². The van der Waals surface area contributed by atoms with E-state index in [-0.39, 0.29) is 35.0 Å². The Bertz CT molecular complexity index is 2250. The van der Waals surface area contributed by atoms with E-state index in [1.165, 1.54) is 17.2 Å². The van der Waals surface area contributed by atoms with Crippen molar-refractivity contribution >= 4 is 50.5 Å². The lowest BCUT2D eigenvalue weighted by Gasteiger charge is -2.28. The van der Waals surface area contributed by atoms with Gasteiger partial charge < -0.3 is 38.7 Å². The minimum atomic E-state index is -0.667. The molecular weight excluding hydrogens is 657 g/mol. The van der Waals surface area contributed by atoms with Gasteiger partial charge >= 0.3 is 6.09 Å². The molecule has 51 heavy (non-hydrogen) atoms. The number of rotatable bonds is 7. The van der Waals surface area contributed by atoms with Crippen molar-refractivity contribution in [2.24, 2.45) is 0 Å². The van der Waals surface area contributed by atoms with Crippen LogP contribution in [0.5, 0.6) is 11.5 Å². The Kier molecular flexibility index (Phi) is 8.34. The number of amides is 2. The molecule has 1 unspecified atom stereocenters. The fourth-order valence-electron chi connectivity index (χ4n) is 7.20. The van der Waals surface area contributed by atoms with Gasteiger partial charge in [0.1, 0.15) is 33.5 Å². The van der Waals surface area contributed by atoms with Crippen molar-refractivity contribution in [3.8, 4) is 17.2 Å². The largest absolute Gasteiger partial charge is 0.456 e. The smallest absolute Gasteiger partial charge is 0.407 e. The molecule has 0 spiro atoms. The monoisotopic (exact) mass is 697 g/mol. The van der Waals surface area contributed by atoms with Gasteiger partial charge in [0.05, 0.1) is 30.3 Å². The van der Waals surface area contributed by atoms with Gasteiger partial charge in [-0.15, -0.1) is 0 Å². The quantitative estimate of drug-likeness (QED) is 0.193. The summed E-state index contributed by atoms with van der Waals surface area (Å²) in [6.07, 6.45) is 2.20. The van der Waals surface area contributed by atoms with E-state index in [1.54, 1.807) is 25.3 Å². The summed E-state index contributed by atoms with van der Waals surface area (Å²) in [5.41, 5.74) is 0.952. The molecule has 0 bridgehead atoms. The predicted octanol–water partition coefficient (Wildman–Crippen LogP) is 6.01. The number of pyridine rings is 1. The van der Waals surface area contributed by atoms with Gasteiger partial charge in [0.25, 0.3) is 5.91 Å². The van der Waals surface area contributed by atoms with Crippen molar-refractivity contribution in [1.29, 1.82) is 0 Å². The minimum absolute atomic E-state index is 0.0187. The lowest BCUT2D eigenvalue weighted by Crippen LogP contribution is -2.41. The number of nitrogens with one attached hydrogen (secondary N) is 2. The fraction of sp³-hybridized carbons (Fsp3) is 0.395. The highest BCUT2D eigenvalue weighted by Gasteiger charge is 2.34. The van der Waals surface area contributed by atoms with Crippen LogP contribution in [-0.4, -0.2) is 90.5 Å². The highest BCUT2D eigenvalue weighted by atomic mass is 19.1. The second-order valence-electron chi connectivity index (χ2n) is 14.3. The summed E-state index contributed by atoms with van der Waals surface area (Å²) in [7, 11) is 0. The first-order valence-electron chi connectivity index (χ1n) is 17.4. The molecule has 2 saturated heterocycles. The zero-order valence-electron chi connectivity index (χ0n) is 28.8. The van der Waals surface area contributed by atoms with Crippen LogP contribution in [-0.2, 0) is 9.47 Å². The normalized spacial score (nSPS) is 17.5. The molecule has 13 heteroatoms. The molecule has 2 aromatic heterocycles. The molecule has 0 aliphatic carbocycles. The van der Waals surface area contributed by atoms with Gasteiger partial charge in [-0.1, -0.05) is 18.2 Å². The number of aromatic nitrogens is 1. The van der Waals surface area contributed by atoms with Crippen LogP contribution >= 0.6 is 0 Å². The summed E-state index contributed by atoms with van der Waals surface area (Å²) in [6, 6.07) is 12.2. The van der Waals surface area contributed by atoms with Crippen molar-refractivity contribution in [1.82, 2.24) is 19.7 Å². The number of fused-ring (bicyclic) bond motifs is 5. The molecule has 5 heterocycles. The summed E-state index contributed by atoms with van der Waals surface area (Å²) >= 11 is 0. The van der Waals surface area contributed by atoms with E-state index < -0.39 is 28.8 Å². The fourth-order valence-corrected chi connectivity index (χ4v) is 7.20. The molecule has 3 aromatic carbocycles. The van der Waals surface area contributed by atoms with Crippen LogP contribution in [0.4, 0.5) is 14.9 Å². The van der Waals surface area contributed by atoms with Gasteiger partial charge in [-0.2, -0.15) is 0 Å². The van der Waals surface area contributed by atoms with Crippen molar-refractivity contribution in [3.63, 3.8) is 0 Å². The molecule has 2 amide bonds. The molecule has 2 N–H and O–H groups in total. The van der Waals surface area contributed by atoms with Crippen LogP contribution in [0.1, 0.15) is 44.0 Å². The van der Waals surface area contributed by atoms with Crippen molar-refractivity contribution < 1.29 is 32.6 Å². The average molecular weight is 698 g/mol. The molecule has 0 saturated carbocycles. The first-order valence-corrected chi connectivity index (χ1v) is 17.4. The summed E-state index contributed by atoms with van der Waals surface area (Å²) < 4.78 is 41.4. The maximum Gasteiger partial charge on any atom is 0.407 e. The van der Waals surface area contributed by atoms with E-state index in [0.29, 0.717) is 60.8 Å². The second kappa shape index (κ2) is 12.9. The first-order chi connectivity index (χ1) is 24.5. The molecule has 5 aromatic rings. The SMILES string of the molecule is CC(C)(C)OC(=O)NC1CCN(C(=O)c2cn3c4c(c(NCCCN5CCOCC5)c(F)cc4c2=O)Oc2cc4c(cc2-3)oc2ccccc24)C1. The molecule has 3 aliphatic heterocycles. The molecule has 3 aliphatic rings. The van der Waals surface area contributed by atoms with E-state index in [0.717, 1.165) is 36.8 Å². The number of halogens is 1. The number of likely N-dealkylation sites (tertiary alicyclic amines) is 1. The van der Waals surface area contributed by atoms with Crippen molar-refractivity contribution in [2.45, 2.75) is 45.3 Å². The summed E-state index contributed by atoms with van der Waals surface area (Å²) in [6.45, 7) is 10.3. The Morgan fingerprint density at radius 3 is 2.63 bits per heavy atom. The highest BCUT2D eigenvalue weighted by molar-refractivity contribution is 6.07. The zero-order chi connectivity index (χ0) is 35.4.